The maximum Gasteiger partial charge on any atom is 0.215 e. The minimum absolute atomic E-state index is 0.270. The lowest BCUT2D eigenvalue weighted by atomic mass is 9.61. The molecule has 1 saturated heterocycles. The van der Waals surface area contributed by atoms with Crippen LogP contribution in [0, 0.1) is 12.3 Å². The van der Waals surface area contributed by atoms with E-state index in [2.05, 4.69) is 0 Å². The van der Waals surface area contributed by atoms with Gasteiger partial charge in [-0.1, -0.05) is 35.9 Å². The molecule has 0 amide bonds. The fraction of sp³-hybridized carbons (Fsp3) is 0.348. The lowest BCUT2D eigenvalue weighted by Gasteiger charge is -2.48. The van der Waals surface area contributed by atoms with Crippen LogP contribution < -0.4 is 4.74 Å². The minimum Gasteiger partial charge on any atom is -0.463 e. The van der Waals surface area contributed by atoms with E-state index in [4.69, 9.17) is 9.47 Å². The molecule has 0 bridgehead atoms. The Labute approximate surface area is 168 Å². The van der Waals surface area contributed by atoms with Gasteiger partial charge >= 0.3 is 0 Å². The second kappa shape index (κ2) is 5.84. The second-order valence-corrected chi connectivity index (χ2v) is 8.07. The Kier molecular flexibility index (Phi) is 3.67. The summed E-state index contributed by atoms with van der Waals surface area (Å²) in [6.45, 7) is 2.29. The van der Waals surface area contributed by atoms with Gasteiger partial charge in [0.1, 0.15) is 11.2 Å². The first kappa shape index (κ1) is 18.2. The molecule has 1 fully saturated rings. The number of fused-ring (bicyclic) bond motifs is 3. The highest BCUT2D eigenvalue weighted by molar-refractivity contribution is 6.36. The molecule has 148 valence electrons. The van der Waals surface area contributed by atoms with Gasteiger partial charge in [0.15, 0.2) is 22.9 Å². The summed E-state index contributed by atoms with van der Waals surface area (Å²) in [7, 11) is 3.17. The van der Waals surface area contributed by atoms with Crippen molar-refractivity contribution >= 4 is 17.3 Å². The standard InChI is InChI=1S/C23H21NO5/c1-13-8-9-17-16(12-13)18(25)22(21(28-3)29-17)10-11-24(2)23(22)19(26)14-6-4-5-7-15(14)20(23)27/h4-9,12,21H,10-11H2,1-3H3/t21-,22-/m0/s1. The van der Waals surface area contributed by atoms with Crippen LogP contribution in [0.1, 0.15) is 43.1 Å². The molecule has 0 unspecified atom stereocenters. The molecule has 6 heteroatoms. The van der Waals surface area contributed by atoms with Crippen LogP contribution in [-0.2, 0) is 4.74 Å². The number of hydrogen-bond acceptors (Lipinski definition) is 6. The Morgan fingerprint density at radius 2 is 1.66 bits per heavy atom. The first-order valence-electron chi connectivity index (χ1n) is 9.64. The summed E-state index contributed by atoms with van der Waals surface area (Å²) in [5.74, 6) is -0.562. The van der Waals surface area contributed by atoms with Crippen molar-refractivity contribution in [2.75, 3.05) is 20.7 Å². The van der Waals surface area contributed by atoms with E-state index in [1.807, 2.05) is 13.0 Å². The average molecular weight is 391 g/mol. The van der Waals surface area contributed by atoms with Crippen LogP contribution in [0.5, 0.6) is 5.75 Å². The monoisotopic (exact) mass is 391 g/mol. The summed E-state index contributed by atoms with van der Waals surface area (Å²) >= 11 is 0. The number of likely N-dealkylation sites (tertiary alicyclic amines) is 1. The average Bonchev–Trinajstić information content (AvgIpc) is 3.16. The molecule has 2 aliphatic heterocycles. The third-order valence-electron chi connectivity index (χ3n) is 6.77. The number of likely N-dealkylation sites (N-methyl/N-ethyl adjacent to an activating group) is 1. The zero-order valence-electron chi connectivity index (χ0n) is 16.5. The molecule has 0 saturated carbocycles. The normalized spacial score (nSPS) is 27.4. The fourth-order valence-electron chi connectivity index (χ4n) is 5.46. The Morgan fingerprint density at radius 3 is 2.28 bits per heavy atom. The summed E-state index contributed by atoms with van der Waals surface area (Å²) in [6.07, 6.45) is -0.753. The molecule has 29 heavy (non-hydrogen) atoms. The van der Waals surface area contributed by atoms with Gasteiger partial charge in [-0.05, 0) is 32.5 Å². The largest absolute Gasteiger partial charge is 0.463 e. The van der Waals surface area contributed by atoms with Gasteiger partial charge in [0.05, 0.1) is 5.56 Å². The zero-order valence-corrected chi connectivity index (χ0v) is 16.5. The number of rotatable bonds is 1. The highest BCUT2D eigenvalue weighted by atomic mass is 16.7. The molecule has 0 aromatic heterocycles. The van der Waals surface area contributed by atoms with E-state index in [0.29, 0.717) is 35.4 Å². The number of hydrogen-bond donors (Lipinski definition) is 0. The van der Waals surface area contributed by atoms with Crippen molar-refractivity contribution in [3.63, 3.8) is 0 Å². The van der Waals surface area contributed by atoms with E-state index in [9.17, 15) is 14.4 Å². The number of Topliss-reactive ketones (excluding diaryl/α,β-unsaturated/α-hetero) is 3. The van der Waals surface area contributed by atoms with Gasteiger partial charge in [-0.3, -0.25) is 19.3 Å². The number of aryl methyl sites for hydroxylation is 1. The first-order chi connectivity index (χ1) is 13.9. The molecule has 2 atom stereocenters. The molecule has 0 radical (unpaired) electrons. The van der Waals surface area contributed by atoms with E-state index >= 15 is 0 Å². The number of ether oxygens (including phenoxy) is 2. The highest BCUT2D eigenvalue weighted by Gasteiger charge is 2.77. The quantitative estimate of drug-likeness (QED) is 0.696. The third-order valence-corrected chi connectivity index (χ3v) is 6.77. The maximum absolute atomic E-state index is 14.0. The topological polar surface area (TPSA) is 72.9 Å². The molecular formula is C23H21NO5. The Bertz CT molecular complexity index is 1060. The molecular weight excluding hydrogens is 370 g/mol. The van der Waals surface area contributed by atoms with E-state index in [0.717, 1.165) is 5.56 Å². The SMILES string of the molecule is CO[C@H]1Oc2ccc(C)cc2C(=O)[C@@]12CCN(C)C21C(=O)c2ccccc2C1=O. The van der Waals surface area contributed by atoms with Crippen LogP contribution in [-0.4, -0.2) is 54.8 Å². The summed E-state index contributed by atoms with van der Waals surface area (Å²) < 4.78 is 11.7. The van der Waals surface area contributed by atoms with Gasteiger partial charge in [-0.2, -0.15) is 0 Å². The van der Waals surface area contributed by atoms with Crippen molar-refractivity contribution in [1.82, 2.24) is 4.90 Å². The highest BCUT2D eigenvalue weighted by Crippen LogP contribution is 2.58. The van der Waals surface area contributed by atoms with Crippen LogP contribution in [0.2, 0.25) is 0 Å². The van der Waals surface area contributed by atoms with E-state index < -0.39 is 17.2 Å². The Balaban J connectivity index is 1.81. The Morgan fingerprint density at radius 1 is 1.00 bits per heavy atom. The van der Waals surface area contributed by atoms with Gasteiger partial charge in [-0.25, -0.2) is 0 Å². The van der Waals surface area contributed by atoms with Gasteiger partial charge < -0.3 is 9.47 Å². The predicted molar refractivity (Wildman–Crippen MR) is 104 cm³/mol. The van der Waals surface area contributed by atoms with Crippen LogP contribution in [0.4, 0.5) is 0 Å². The molecule has 2 aromatic rings. The molecule has 6 nitrogen and oxygen atoms in total. The summed E-state index contributed by atoms with van der Waals surface area (Å²) in [4.78, 5) is 43.3. The smallest absolute Gasteiger partial charge is 0.215 e. The molecule has 0 N–H and O–H groups in total. The van der Waals surface area contributed by atoms with E-state index in [-0.39, 0.29) is 17.3 Å². The number of ketones is 3. The number of nitrogens with zero attached hydrogens (tertiary/aromatic N) is 1. The Hall–Kier alpha value is -2.83. The number of carbonyl (C=O) groups is 3. The van der Waals surface area contributed by atoms with Crippen molar-refractivity contribution < 1.29 is 23.9 Å². The van der Waals surface area contributed by atoms with Crippen LogP contribution >= 0.6 is 0 Å². The fourth-order valence-corrected chi connectivity index (χ4v) is 5.46. The van der Waals surface area contributed by atoms with Crippen molar-refractivity contribution in [2.45, 2.75) is 25.2 Å². The maximum atomic E-state index is 14.0. The second-order valence-electron chi connectivity index (χ2n) is 8.07. The van der Waals surface area contributed by atoms with Gasteiger partial charge in [0.2, 0.25) is 6.29 Å². The van der Waals surface area contributed by atoms with Gasteiger partial charge in [-0.15, -0.1) is 0 Å². The summed E-state index contributed by atoms with van der Waals surface area (Å²) in [5, 5.41) is 0. The molecule has 3 aliphatic rings. The van der Waals surface area contributed by atoms with Crippen molar-refractivity contribution in [3.8, 4) is 5.75 Å². The first-order valence-corrected chi connectivity index (χ1v) is 9.64. The molecule has 5 rings (SSSR count). The van der Waals surface area contributed by atoms with Crippen molar-refractivity contribution in [3.05, 3.63) is 64.7 Å². The van der Waals surface area contributed by atoms with E-state index in [1.165, 1.54) is 7.11 Å². The molecule has 1 aliphatic carbocycles. The number of methoxy groups -OCH3 is 1. The lowest BCUT2D eigenvalue weighted by Crippen LogP contribution is -2.69. The van der Waals surface area contributed by atoms with Crippen molar-refractivity contribution in [1.29, 1.82) is 0 Å². The van der Waals surface area contributed by atoms with Crippen molar-refractivity contribution in [2.24, 2.45) is 5.41 Å². The minimum atomic E-state index is -1.67. The molecule has 2 heterocycles. The zero-order chi connectivity index (χ0) is 20.6. The molecule has 2 spiro atoms. The third kappa shape index (κ3) is 1.91. The van der Waals surface area contributed by atoms with Crippen LogP contribution in [0.15, 0.2) is 42.5 Å². The summed E-state index contributed by atoms with van der Waals surface area (Å²) in [6, 6.07) is 12.1. The van der Waals surface area contributed by atoms with Gasteiger partial charge in [0.25, 0.3) is 0 Å². The summed E-state index contributed by atoms with van der Waals surface area (Å²) in [5.41, 5.74) is -1.13. The van der Waals surface area contributed by atoms with Gasteiger partial charge in [0, 0.05) is 24.8 Å². The number of benzene rings is 2. The van der Waals surface area contributed by atoms with Crippen LogP contribution in [0.25, 0.3) is 0 Å². The van der Waals surface area contributed by atoms with Crippen LogP contribution in [0.3, 0.4) is 0 Å². The van der Waals surface area contributed by atoms with E-state index in [1.54, 1.807) is 48.3 Å². The molecule has 2 aromatic carbocycles. The lowest BCUT2D eigenvalue weighted by molar-refractivity contribution is -0.142. The predicted octanol–water partition coefficient (Wildman–Crippen LogP) is 2.68. The number of carbonyl (C=O) groups excluding carboxylic acids is 3.